The molecular formula is C23H34N4O3+2. The van der Waals surface area contributed by atoms with Gasteiger partial charge in [-0.15, -0.1) is 0 Å². The van der Waals surface area contributed by atoms with Crippen LogP contribution in [0.1, 0.15) is 44.1 Å². The second kappa shape index (κ2) is 8.86. The van der Waals surface area contributed by atoms with Crippen molar-refractivity contribution in [3.8, 4) is 0 Å². The van der Waals surface area contributed by atoms with Gasteiger partial charge in [-0.1, -0.05) is 30.3 Å². The quantitative estimate of drug-likeness (QED) is 0.486. The third kappa shape index (κ3) is 4.01. The Morgan fingerprint density at radius 2 is 1.70 bits per heavy atom. The van der Waals surface area contributed by atoms with Gasteiger partial charge in [-0.05, 0) is 31.2 Å². The number of benzene rings is 1. The number of piperidine rings is 2. The first-order valence-electron chi connectivity index (χ1n) is 11.4. The summed E-state index contributed by atoms with van der Waals surface area (Å²) in [5.41, 5.74) is 6.53. The Hall–Kier alpha value is -2.25. The van der Waals surface area contributed by atoms with Crippen molar-refractivity contribution < 1.29 is 24.2 Å². The number of likely N-dealkylation sites (tertiary alicyclic amines) is 3. The maximum atomic E-state index is 13.0. The summed E-state index contributed by atoms with van der Waals surface area (Å²) < 4.78 is 0. The first-order valence-corrected chi connectivity index (χ1v) is 11.4. The van der Waals surface area contributed by atoms with Crippen molar-refractivity contribution in [3.05, 3.63) is 35.9 Å². The molecule has 0 bridgehead atoms. The van der Waals surface area contributed by atoms with Crippen molar-refractivity contribution in [3.63, 3.8) is 0 Å². The van der Waals surface area contributed by atoms with Crippen LogP contribution in [0.15, 0.2) is 30.3 Å². The lowest BCUT2D eigenvalue weighted by Crippen LogP contribution is -3.27. The minimum atomic E-state index is -0.497. The number of carbonyl (C=O) groups excluding carboxylic acids is 3. The fourth-order valence-electron chi connectivity index (χ4n) is 5.70. The molecule has 3 amide bonds. The molecule has 0 aromatic heterocycles. The second-order valence-corrected chi connectivity index (χ2v) is 9.14. The van der Waals surface area contributed by atoms with E-state index in [9.17, 15) is 14.4 Å². The predicted octanol–water partition coefficient (Wildman–Crippen LogP) is -1.67. The minimum Gasteiger partial charge on any atom is -0.364 e. The van der Waals surface area contributed by atoms with Gasteiger partial charge in [-0.2, -0.15) is 0 Å². The number of hydrogen-bond donors (Lipinski definition) is 3. The van der Waals surface area contributed by atoms with Crippen LogP contribution >= 0.6 is 0 Å². The van der Waals surface area contributed by atoms with Crippen LogP contribution in [0.2, 0.25) is 0 Å². The molecule has 3 saturated heterocycles. The predicted molar refractivity (Wildman–Crippen MR) is 112 cm³/mol. The third-order valence-corrected chi connectivity index (χ3v) is 7.55. The maximum Gasteiger partial charge on any atom is 0.288 e. The van der Waals surface area contributed by atoms with Crippen molar-refractivity contribution in [1.29, 1.82) is 0 Å². The van der Waals surface area contributed by atoms with Crippen LogP contribution in [0.4, 0.5) is 0 Å². The van der Waals surface area contributed by atoms with Crippen molar-refractivity contribution in [2.75, 3.05) is 32.7 Å². The summed E-state index contributed by atoms with van der Waals surface area (Å²) in [4.78, 5) is 41.9. The number of amides is 3. The van der Waals surface area contributed by atoms with E-state index < -0.39 is 5.54 Å². The molecule has 0 aliphatic carbocycles. The van der Waals surface area contributed by atoms with Crippen molar-refractivity contribution in [2.45, 2.75) is 56.5 Å². The van der Waals surface area contributed by atoms with Crippen LogP contribution in [0.25, 0.3) is 0 Å². The number of quaternary nitrogens is 2. The zero-order valence-corrected chi connectivity index (χ0v) is 17.7. The molecule has 162 valence electrons. The van der Waals surface area contributed by atoms with Gasteiger partial charge in [-0.25, -0.2) is 0 Å². The van der Waals surface area contributed by atoms with E-state index in [1.807, 2.05) is 30.3 Å². The second-order valence-electron chi connectivity index (χ2n) is 9.14. The van der Waals surface area contributed by atoms with E-state index in [4.69, 9.17) is 5.73 Å². The van der Waals surface area contributed by atoms with Crippen molar-refractivity contribution >= 4 is 17.7 Å². The van der Waals surface area contributed by atoms with E-state index in [1.165, 1.54) is 16.2 Å². The van der Waals surface area contributed by atoms with Crippen LogP contribution < -0.4 is 15.5 Å². The zero-order valence-electron chi connectivity index (χ0n) is 17.7. The number of carbonyl (C=O) groups is 3. The van der Waals surface area contributed by atoms with E-state index in [1.54, 1.807) is 0 Å². The van der Waals surface area contributed by atoms with Gasteiger partial charge in [0.2, 0.25) is 5.91 Å². The molecule has 3 aliphatic heterocycles. The molecule has 4 rings (SSSR count). The molecule has 1 atom stereocenters. The van der Waals surface area contributed by atoms with Crippen LogP contribution in [-0.2, 0) is 20.8 Å². The molecule has 3 heterocycles. The molecular weight excluding hydrogens is 380 g/mol. The van der Waals surface area contributed by atoms with Gasteiger partial charge < -0.3 is 15.5 Å². The standard InChI is InChI=1S/C23H32N4O3/c24-22(30)23(26-12-5-2-6-13-26)10-15-25(16-11-23)19-17-20(28)27(21(19)29)14-9-18-7-3-1-4-8-18/h1,3-4,7-8,19H,2,5-6,9-17H2,(H2,24,30)/p+2/t19-/m1/s1. The Kier molecular flexibility index (Phi) is 6.20. The average molecular weight is 415 g/mol. The Bertz CT molecular complexity index is 783. The number of imide groups is 1. The summed E-state index contributed by atoms with van der Waals surface area (Å²) in [6.45, 7) is 3.90. The Morgan fingerprint density at radius 3 is 2.33 bits per heavy atom. The van der Waals surface area contributed by atoms with Crippen molar-refractivity contribution in [1.82, 2.24) is 4.90 Å². The van der Waals surface area contributed by atoms with E-state index in [-0.39, 0.29) is 30.2 Å². The first kappa shape index (κ1) is 21.0. The number of nitrogens with one attached hydrogen (secondary N) is 2. The Labute approximate surface area is 178 Å². The molecule has 4 N–H and O–H groups in total. The molecule has 3 fully saturated rings. The SMILES string of the molecule is NC(=O)C1([NH+]2CCCCC2)CC[NH+]([C@@H]2CC(=O)N(CCc3ccccc3)C2=O)CC1. The van der Waals surface area contributed by atoms with Gasteiger partial charge in [-0.3, -0.25) is 19.3 Å². The number of nitrogens with two attached hydrogens (primary N) is 1. The molecule has 0 saturated carbocycles. The van der Waals surface area contributed by atoms with E-state index >= 15 is 0 Å². The summed E-state index contributed by atoms with van der Waals surface area (Å²) in [5.74, 6) is -0.318. The van der Waals surface area contributed by atoms with Gasteiger partial charge in [0.15, 0.2) is 11.6 Å². The smallest absolute Gasteiger partial charge is 0.288 e. The molecule has 0 radical (unpaired) electrons. The molecule has 0 unspecified atom stereocenters. The van der Waals surface area contributed by atoms with E-state index in [0.29, 0.717) is 25.8 Å². The van der Waals surface area contributed by atoms with Crippen molar-refractivity contribution in [2.24, 2.45) is 5.73 Å². The lowest BCUT2D eigenvalue weighted by molar-refractivity contribution is -0.978. The highest BCUT2D eigenvalue weighted by atomic mass is 16.2. The largest absolute Gasteiger partial charge is 0.364 e. The Morgan fingerprint density at radius 1 is 1.03 bits per heavy atom. The molecule has 7 heteroatoms. The summed E-state index contributed by atoms with van der Waals surface area (Å²) in [6.07, 6.45) is 5.89. The van der Waals surface area contributed by atoms with Crippen LogP contribution in [0.3, 0.4) is 0 Å². The molecule has 0 spiro atoms. The van der Waals surface area contributed by atoms with Crippen LogP contribution in [0.5, 0.6) is 0 Å². The van der Waals surface area contributed by atoms with Gasteiger partial charge in [0, 0.05) is 6.54 Å². The molecule has 1 aromatic carbocycles. The summed E-state index contributed by atoms with van der Waals surface area (Å²) >= 11 is 0. The molecule has 7 nitrogen and oxygen atoms in total. The monoisotopic (exact) mass is 414 g/mol. The number of rotatable bonds is 6. The Balaban J connectivity index is 1.37. The topological polar surface area (TPSA) is 89.3 Å². The maximum absolute atomic E-state index is 13.0. The molecule has 30 heavy (non-hydrogen) atoms. The highest BCUT2D eigenvalue weighted by molar-refractivity contribution is 6.04. The third-order valence-electron chi connectivity index (χ3n) is 7.55. The normalized spacial score (nSPS) is 30.6. The lowest BCUT2D eigenvalue weighted by atomic mass is 9.83. The van der Waals surface area contributed by atoms with Gasteiger partial charge in [0.1, 0.15) is 0 Å². The molecule has 1 aromatic rings. The number of hydrogen-bond acceptors (Lipinski definition) is 3. The van der Waals surface area contributed by atoms with E-state index in [0.717, 1.165) is 49.5 Å². The van der Waals surface area contributed by atoms with Crippen LogP contribution in [-0.4, -0.2) is 66.9 Å². The number of primary amides is 1. The number of nitrogens with zero attached hydrogens (tertiary/aromatic N) is 1. The van der Waals surface area contributed by atoms with Crippen LogP contribution in [0, 0.1) is 0 Å². The minimum absolute atomic E-state index is 0.0529. The van der Waals surface area contributed by atoms with E-state index in [2.05, 4.69) is 0 Å². The first-order chi connectivity index (χ1) is 14.5. The van der Waals surface area contributed by atoms with Gasteiger partial charge >= 0.3 is 0 Å². The fourth-order valence-corrected chi connectivity index (χ4v) is 5.70. The lowest BCUT2D eigenvalue weighted by Gasteiger charge is -2.44. The fraction of sp³-hybridized carbons (Fsp3) is 0.609. The average Bonchev–Trinajstić information content (AvgIpc) is 3.07. The highest BCUT2D eigenvalue weighted by Crippen LogP contribution is 2.18. The summed E-state index contributed by atoms with van der Waals surface area (Å²) in [5, 5.41) is 0. The highest BCUT2D eigenvalue weighted by Gasteiger charge is 2.54. The molecule has 3 aliphatic rings. The van der Waals surface area contributed by atoms with Gasteiger partial charge in [0.25, 0.3) is 11.8 Å². The zero-order chi connectivity index (χ0) is 21.1. The summed E-state index contributed by atoms with van der Waals surface area (Å²) in [7, 11) is 0. The summed E-state index contributed by atoms with van der Waals surface area (Å²) in [6, 6.07) is 9.63. The van der Waals surface area contributed by atoms with Gasteiger partial charge in [0.05, 0.1) is 45.4 Å².